The van der Waals surface area contributed by atoms with Gasteiger partial charge in [0.1, 0.15) is 5.82 Å². The lowest BCUT2D eigenvalue weighted by Gasteiger charge is -2.12. The molecule has 0 heterocycles. The van der Waals surface area contributed by atoms with Gasteiger partial charge in [-0.3, -0.25) is 9.52 Å². The Morgan fingerprint density at radius 3 is 2.22 bits per heavy atom. The van der Waals surface area contributed by atoms with Gasteiger partial charge in [0, 0.05) is 18.2 Å². The van der Waals surface area contributed by atoms with Gasteiger partial charge in [0.05, 0.1) is 6.26 Å². The second-order valence-electron chi connectivity index (χ2n) is 6.70. The predicted molar refractivity (Wildman–Crippen MR) is 106 cm³/mol. The molecule has 0 bridgehead atoms. The highest BCUT2D eigenvalue weighted by molar-refractivity contribution is 7.92. The second kappa shape index (κ2) is 9.50. The van der Waals surface area contributed by atoms with Crippen LogP contribution in [0.5, 0.6) is 0 Å². The molecule has 5 nitrogen and oxygen atoms in total. The molecule has 0 aliphatic carbocycles. The molecule has 0 aliphatic heterocycles. The van der Waals surface area contributed by atoms with Gasteiger partial charge < -0.3 is 5.32 Å². The number of benzene rings is 2. The number of hydrogen-bond donors (Lipinski definition) is 2. The monoisotopic (exact) mass is 392 g/mol. The lowest BCUT2D eigenvalue weighted by molar-refractivity contribution is -0.124. The molecule has 2 N–H and O–H groups in total. The molecule has 27 heavy (non-hydrogen) atoms. The van der Waals surface area contributed by atoms with Crippen molar-refractivity contribution < 1.29 is 17.6 Å². The summed E-state index contributed by atoms with van der Waals surface area (Å²) in [4.78, 5) is 12.2. The Morgan fingerprint density at radius 1 is 1.04 bits per heavy atom. The molecule has 0 aliphatic rings. The Bertz CT molecular complexity index is 850. The summed E-state index contributed by atoms with van der Waals surface area (Å²) in [7, 11) is -3.27. The number of carbonyl (C=O) groups excluding carboxylic acids is 1. The van der Waals surface area contributed by atoms with Crippen LogP contribution in [0.4, 0.5) is 10.1 Å². The van der Waals surface area contributed by atoms with E-state index < -0.39 is 10.0 Å². The van der Waals surface area contributed by atoms with Gasteiger partial charge in [-0.25, -0.2) is 12.8 Å². The first-order chi connectivity index (χ1) is 12.7. The zero-order chi connectivity index (χ0) is 19.9. The quantitative estimate of drug-likeness (QED) is 0.644. The molecule has 0 saturated heterocycles. The standard InChI is InChI=1S/C20H25FN2O3S/c1-15(14-17-5-9-18(21)10-6-17)20(24)22-13-3-4-16-7-11-19(12-8-16)23-27(2,25)26/h5-12,15,23H,3-4,13-14H2,1-2H3,(H,22,24). The van der Waals surface area contributed by atoms with Crippen molar-refractivity contribution >= 4 is 21.6 Å². The number of nitrogens with one attached hydrogen (secondary N) is 2. The van der Waals surface area contributed by atoms with Gasteiger partial charge in [-0.1, -0.05) is 31.2 Å². The molecule has 1 atom stereocenters. The summed E-state index contributed by atoms with van der Waals surface area (Å²) < 4.78 is 37.7. The topological polar surface area (TPSA) is 75.3 Å². The normalized spacial score (nSPS) is 12.4. The fourth-order valence-electron chi connectivity index (χ4n) is 2.70. The number of halogens is 1. The van der Waals surface area contributed by atoms with Gasteiger partial charge in [-0.15, -0.1) is 0 Å². The van der Waals surface area contributed by atoms with E-state index in [1.165, 1.54) is 12.1 Å². The fourth-order valence-corrected chi connectivity index (χ4v) is 3.26. The largest absolute Gasteiger partial charge is 0.356 e. The third-order valence-electron chi connectivity index (χ3n) is 4.10. The van der Waals surface area contributed by atoms with E-state index in [1.807, 2.05) is 19.1 Å². The van der Waals surface area contributed by atoms with Crippen LogP contribution < -0.4 is 10.0 Å². The molecule has 0 saturated carbocycles. The van der Waals surface area contributed by atoms with E-state index in [2.05, 4.69) is 10.0 Å². The third-order valence-corrected chi connectivity index (χ3v) is 4.71. The average Bonchev–Trinajstić information content (AvgIpc) is 2.60. The number of carbonyl (C=O) groups is 1. The molecule has 0 radical (unpaired) electrons. The highest BCUT2D eigenvalue weighted by atomic mass is 32.2. The first-order valence-electron chi connectivity index (χ1n) is 8.82. The third kappa shape index (κ3) is 7.78. The second-order valence-corrected chi connectivity index (χ2v) is 8.45. The van der Waals surface area contributed by atoms with Crippen molar-refractivity contribution in [2.45, 2.75) is 26.2 Å². The van der Waals surface area contributed by atoms with Crippen LogP contribution in [0, 0.1) is 11.7 Å². The van der Waals surface area contributed by atoms with Gasteiger partial charge in [-0.2, -0.15) is 0 Å². The lowest BCUT2D eigenvalue weighted by atomic mass is 10.0. The molecular formula is C20H25FN2O3S. The lowest BCUT2D eigenvalue weighted by Crippen LogP contribution is -2.31. The van der Waals surface area contributed by atoms with Gasteiger partial charge in [-0.05, 0) is 54.7 Å². The molecule has 0 spiro atoms. The van der Waals surface area contributed by atoms with E-state index >= 15 is 0 Å². The van der Waals surface area contributed by atoms with Crippen molar-refractivity contribution in [1.29, 1.82) is 0 Å². The molecule has 1 unspecified atom stereocenters. The van der Waals surface area contributed by atoms with Crippen molar-refractivity contribution in [2.24, 2.45) is 5.92 Å². The molecule has 2 rings (SSSR count). The number of hydrogen-bond acceptors (Lipinski definition) is 3. The molecule has 146 valence electrons. The summed E-state index contributed by atoms with van der Waals surface area (Å²) in [5, 5.41) is 2.92. The maximum Gasteiger partial charge on any atom is 0.229 e. The van der Waals surface area contributed by atoms with Crippen LogP contribution >= 0.6 is 0 Å². The molecule has 0 fully saturated rings. The number of anilines is 1. The Morgan fingerprint density at radius 2 is 1.63 bits per heavy atom. The smallest absolute Gasteiger partial charge is 0.229 e. The Hall–Kier alpha value is -2.41. The van der Waals surface area contributed by atoms with Crippen LogP contribution in [-0.2, 0) is 27.7 Å². The van der Waals surface area contributed by atoms with Gasteiger partial charge in [0.2, 0.25) is 15.9 Å². The first-order valence-corrected chi connectivity index (χ1v) is 10.7. The summed E-state index contributed by atoms with van der Waals surface area (Å²) in [6, 6.07) is 13.4. The SMILES string of the molecule is CC(Cc1ccc(F)cc1)C(=O)NCCCc1ccc(NS(C)(=O)=O)cc1. The van der Waals surface area contributed by atoms with E-state index in [4.69, 9.17) is 0 Å². The Kier molecular flexibility index (Phi) is 7.36. The maximum absolute atomic E-state index is 12.9. The van der Waals surface area contributed by atoms with Crippen molar-refractivity contribution in [3.63, 3.8) is 0 Å². The van der Waals surface area contributed by atoms with Crippen LogP contribution in [0.3, 0.4) is 0 Å². The summed E-state index contributed by atoms with van der Waals surface area (Å²) in [6.45, 7) is 2.42. The molecule has 1 amide bonds. The Balaban J connectivity index is 1.71. The minimum atomic E-state index is -3.27. The first kappa shape index (κ1) is 20.9. The fraction of sp³-hybridized carbons (Fsp3) is 0.350. The molecule has 2 aromatic carbocycles. The average molecular weight is 392 g/mol. The summed E-state index contributed by atoms with van der Waals surface area (Å²) in [5.74, 6) is -0.486. The van der Waals surface area contributed by atoms with E-state index in [0.29, 0.717) is 18.7 Å². The van der Waals surface area contributed by atoms with Crippen LogP contribution in [-0.4, -0.2) is 27.1 Å². The minimum absolute atomic E-state index is 0.0213. The highest BCUT2D eigenvalue weighted by Crippen LogP contribution is 2.12. The number of amides is 1. The highest BCUT2D eigenvalue weighted by Gasteiger charge is 2.13. The molecule has 0 aromatic heterocycles. The molecule has 2 aromatic rings. The van der Waals surface area contributed by atoms with Gasteiger partial charge >= 0.3 is 0 Å². The minimum Gasteiger partial charge on any atom is -0.356 e. The van der Waals surface area contributed by atoms with E-state index in [0.717, 1.165) is 30.2 Å². The van der Waals surface area contributed by atoms with E-state index in [9.17, 15) is 17.6 Å². The van der Waals surface area contributed by atoms with E-state index in [-0.39, 0.29) is 17.6 Å². The van der Waals surface area contributed by atoms with Crippen molar-refractivity contribution in [1.82, 2.24) is 5.32 Å². The van der Waals surface area contributed by atoms with E-state index in [1.54, 1.807) is 24.3 Å². The number of sulfonamides is 1. The number of aryl methyl sites for hydroxylation is 1. The van der Waals surface area contributed by atoms with Crippen LogP contribution in [0.2, 0.25) is 0 Å². The summed E-state index contributed by atoms with van der Waals surface area (Å²) in [6.07, 6.45) is 3.25. The predicted octanol–water partition coefficient (Wildman–Crippen LogP) is 3.12. The van der Waals surface area contributed by atoms with Crippen molar-refractivity contribution in [2.75, 3.05) is 17.5 Å². The number of rotatable bonds is 9. The molecular weight excluding hydrogens is 367 g/mol. The Labute approximate surface area is 160 Å². The van der Waals surface area contributed by atoms with Gasteiger partial charge in [0.15, 0.2) is 0 Å². The van der Waals surface area contributed by atoms with Gasteiger partial charge in [0.25, 0.3) is 0 Å². The maximum atomic E-state index is 12.9. The van der Waals surface area contributed by atoms with Crippen LogP contribution in [0.15, 0.2) is 48.5 Å². The van der Waals surface area contributed by atoms with Crippen molar-refractivity contribution in [3.8, 4) is 0 Å². The molecule has 7 heteroatoms. The summed E-state index contributed by atoms with van der Waals surface area (Å²) in [5.41, 5.74) is 2.54. The van der Waals surface area contributed by atoms with Crippen molar-refractivity contribution in [3.05, 3.63) is 65.5 Å². The summed E-state index contributed by atoms with van der Waals surface area (Å²) >= 11 is 0. The van der Waals surface area contributed by atoms with Crippen LogP contribution in [0.1, 0.15) is 24.5 Å². The van der Waals surface area contributed by atoms with Crippen LogP contribution in [0.25, 0.3) is 0 Å². The zero-order valence-corrected chi connectivity index (χ0v) is 16.4. The zero-order valence-electron chi connectivity index (χ0n) is 15.5.